The molecule has 0 unspecified atom stereocenters. The van der Waals surface area contributed by atoms with Gasteiger partial charge in [0.1, 0.15) is 0 Å². The number of sulfonamides is 1. The van der Waals surface area contributed by atoms with Gasteiger partial charge in [0.05, 0.1) is 11.9 Å². The Bertz CT molecular complexity index is 422. The quantitative estimate of drug-likeness (QED) is 0.692. The van der Waals surface area contributed by atoms with E-state index in [1.807, 2.05) is 0 Å². The summed E-state index contributed by atoms with van der Waals surface area (Å²) in [5, 5.41) is 3.60. The zero-order valence-electron chi connectivity index (χ0n) is 12.8. The van der Waals surface area contributed by atoms with Crippen molar-refractivity contribution in [3.63, 3.8) is 0 Å². The lowest BCUT2D eigenvalue weighted by atomic mass is 9.55. The fourth-order valence-electron chi connectivity index (χ4n) is 3.61. The van der Waals surface area contributed by atoms with Crippen molar-refractivity contribution in [2.75, 3.05) is 25.4 Å². The molecule has 1 aliphatic carbocycles. The monoisotopic (exact) mass is 304 g/mol. The van der Waals surface area contributed by atoms with Gasteiger partial charge in [-0.1, -0.05) is 13.8 Å². The van der Waals surface area contributed by atoms with Crippen LogP contribution >= 0.6 is 0 Å². The smallest absolute Gasteiger partial charge is 0.211 e. The summed E-state index contributed by atoms with van der Waals surface area (Å²) >= 11 is 0. The molecule has 2 rings (SSSR count). The highest BCUT2D eigenvalue weighted by molar-refractivity contribution is 7.89. The molecule has 0 spiro atoms. The number of hydrogen-bond acceptors (Lipinski definition) is 4. The molecule has 1 heterocycles. The Kier molecular flexibility index (Phi) is 5.10. The van der Waals surface area contributed by atoms with E-state index in [1.54, 1.807) is 6.92 Å². The highest BCUT2D eigenvalue weighted by Crippen LogP contribution is 2.51. The first-order valence-corrected chi connectivity index (χ1v) is 9.36. The Balaban J connectivity index is 1.69. The summed E-state index contributed by atoms with van der Waals surface area (Å²) in [6, 6.07) is 0.496. The van der Waals surface area contributed by atoms with Crippen molar-refractivity contribution in [3.8, 4) is 0 Å². The number of fused-ring (bicyclic) bond motifs is 1. The third-order valence-electron chi connectivity index (χ3n) is 4.75. The normalized spacial score (nSPS) is 32.5. The highest BCUT2D eigenvalue weighted by Gasteiger charge is 2.57. The molecule has 0 radical (unpaired) electrons. The molecule has 118 valence electrons. The molecule has 0 bridgehead atoms. The van der Waals surface area contributed by atoms with Crippen LogP contribution in [0.1, 0.15) is 40.0 Å². The lowest BCUT2D eigenvalue weighted by Gasteiger charge is -2.60. The summed E-state index contributed by atoms with van der Waals surface area (Å²) in [7, 11) is -3.05. The average Bonchev–Trinajstić information content (AvgIpc) is 2.42. The van der Waals surface area contributed by atoms with Gasteiger partial charge in [0, 0.05) is 30.5 Å². The van der Waals surface area contributed by atoms with Gasteiger partial charge < -0.3 is 10.1 Å². The van der Waals surface area contributed by atoms with Gasteiger partial charge in [-0.15, -0.1) is 0 Å². The van der Waals surface area contributed by atoms with Crippen LogP contribution in [0, 0.1) is 11.3 Å². The summed E-state index contributed by atoms with van der Waals surface area (Å²) in [5.74, 6) is 0.781. The molecule has 1 saturated heterocycles. The molecular weight excluding hydrogens is 276 g/mol. The standard InChI is InChI=1S/C14H28N2O3S/c1-4-20(17,18)16-9-6-8-15-12-11-7-5-10-19-13(11)14(12,2)3/h11-13,15-16H,4-10H2,1-3H3/t11-,12+,13+/m0/s1. The summed E-state index contributed by atoms with van der Waals surface area (Å²) < 4.78 is 31.1. The van der Waals surface area contributed by atoms with Crippen molar-refractivity contribution in [1.29, 1.82) is 0 Å². The molecule has 20 heavy (non-hydrogen) atoms. The second kappa shape index (κ2) is 6.30. The summed E-state index contributed by atoms with van der Waals surface area (Å²) in [6.45, 7) is 8.44. The van der Waals surface area contributed by atoms with Crippen LogP contribution in [0.3, 0.4) is 0 Å². The molecule has 2 fully saturated rings. The van der Waals surface area contributed by atoms with Crippen molar-refractivity contribution >= 4 is 10.0 Å². The maximum absolute atomic E-state index is 11.3. The number of rotatable bonds is 7. The van der Waals surface area contributed by atoms with Crippen molar-refractivity contribution in [2.24, 2.45) is 11.3 Å². The van der Waals surface area contributed by atoms with Crippen LogP contribution < -0.4 is 10.0 Å². The number of nitrogens with one attached hydrogen (secondary N) is 2. The molecular formula is C14H28N2O3S. The van der Waals surface area contributed by atoms with Crippen molar-refractivity contribution in [2.45, 2.75) is 52.2 Å². The van der Waals surface area contributed by atoms with E-state index in [2.05, 4.69) is 23.9 Å². The first kappa shape index (κ1) is 16.2. The molecule has 5 nitrogen and oxygen atoms in total. The Labute approximate surface area is 122 Å². The maximum atomic E-state index is 11.3. The number of hydrogen-bond donors (Lipinski definition) is 2. The van der Waals surface area contributed by atoms with Crippen LogP contribution in [0.15, 0.2) is 0 Å². The van der Waals surface area contributed by atoms with Crippen LogP contribution in [0.5, 0.6) is 0 Å². The first-order valence-electron chi connectivity index (χ1n) is 7.71. The summed E-state index contributed by atoms with van der Waals surface area (Å²) in [5.41, 5.74) is 0.189. The molecule has 1 aliphatic heterocycles. The molecule has 6 heteroatoms. The minimum atomic E-state index is -3.05. The van der Waals surface area contributed by atoms with Gasteiger partial charge in [-0.25, -0.2) is 13.1 Å². The second-order valence-corrected chi connectivity index (χ2v) is 8.60. The maximum Gasteiger partial charge on any atom is 0.211 e. The van der Waals surface area contributed by atoms with Crippen LogP contribution in [0.2, 0.25) is 0 Å². The Morgan fingerprint density at radius 3 is 2.75 bits per heavy atom. The minimum Gasteiger partial charge on any atom is -0.377 e. The van der Waals surface area contributed by atoms with E-state index in [4.69, 9.17) is 4.74 Å². The number of ether oxygens (including phenoxy) is 1. The third kappa shape index (κ3) is 3.35. The zero-order valence-corrected chi connectivity index (χ0v) is 13.6. The molecule has 3 atom stereocenters. The zero-order chi connectivity index (χ0) is 14.8. The van der Waals surface area contributed by atoms with Crippen LogP contribution in [0.4, 0.5) is 0 Å². The Morgan fingerprint density at radius 2 is 2.05 bits per heavy atom. The molecule has 0 aromatic heterocycles. The van der Waals surface area contributed by atoms with Gasteiger partial charge in [0.15, 0.2) is 0 Å². The largest absolute Gasteiger partial charge is 0.377 e. The van der Waals surface area contributed by atoms with Gasteiger partial charge in [0.25, 0.3) is 0 Å². The molecule has 0 aromatic rings. The van der Waals surface area contributed by atoms with Crippen molar-refractivity contribution in [3.05, 3.63) is 0 Å². The fourth-order valence-corrected chi connectivity index (χ4v) is 4.27. The predicted octanol–water partition coefficient (Wildman–Crippen LogP) is 1.11. The minimum absolute atomic E-state index is 0.150. The average molecular weight is 304 g/mol. The van der Waals surface area contributed by atoms with E-state index in [0.717, 1.165) is 26.0 Å². The third-order valence-corrected chi connectivity index (χ3v) is 6.15. The molecule has 2 N–H and O–H groups in total. The SMILES string of the molecule is CCS(=O)(=O)NCCCN[C@@H]1[C@@H]2CCCO[C@H]2C1(C)C. The van der Waals surface area contributed by atoms with E-state index < -0.39 is 10.0 Å². The predicted molar refractivity (Wildman–Crippen MR) is 80.1 cm³/mol. The van der Waals surface area contributed by atoms with E-state index in [9.17, 15) is 8.42 Å². The van der Waals surface area contributed by atoms with Gasteiger partial charge >= 0.3 is 0 Å². The molecule has 2 aliphatic rings. The first-order chi connectivity index (χ1) is 9.38. The summed E-state index contributed by atoms with van der Waals surface area (Å²) in [6.07, 6.45) is 3.62. The second-order valence-electron chi connectivity index (χ2n) is 6.50. The van der Waals surface area contributed by atoms with Crippen LogP contribution in [-0.4, -0.2) is 46.0 Å². The van der Waals surface area contributed by atoms with E-state index >= 15 is 0 Å². The summed E-state index contributed by atoms with van der Waals surface area (Å²) in [4.78, 5) is 0. The highest BCUT2D eigenvalue weighted by atomic mass is 32.2. The lowest BCUT2D eigenvalue weighted by Crippen LogP contribution is -2.69. The van der Waals surface area contributed by atoms with Crippen LogP contribution in [-0.2, 0) is 14.8 Å². The van der Waals surface area contributed by atoms with Gasteiger partial charge in [-0.2, -0.15) is 0 Å². The van der Waals surface area contributed by atoms with Crippen LogP contribution in [0.25, 0.3) is 0 Å². The van der Waals surface area contributed by atoms with Gasteiger partial charge in [0.2, 0.25) is 10.0 Å². The van der Waals surface area contributed by atoms with E-state index in [1.165, 1.54) is 6.42 Å². The fraction of sp³-hybridized carbons (Fsp3) is 1.00. The molecule has 1 saturated carbocycles. The molecule has 0 aromatic carbocycles. The van der Waals surface area contributed by atoms with Crippen molar-refractivity contribution < 1.29 is 13.2 Å². The topological polar surface area (TPSA) is 67.4 Å². The van der Waals surface area contributed by atoms with E-state index in [0.29, 0.717) is 24.6 Å². The van der Waals surface area contributed by atoms with Gasteiger partial charge in [-0.05, 0) is 32.7 Å². The lowest BCUT2D eigenvalue weighted by molar-refractivity contribution is -0.192. The Hall–Kier alpha value is -0.170. The van der Waals surface area contributed by atoms with Gasteiger partial charge in [-0.3, -0.25) is 0 Å². The Morgan fingerprint density at radius 1 is 1.30 bits per heavy atom. The van der Waals surface area contributed by atoms with E-state index in [-0.39, 0.29) is 11.2 Å². The molecule has 0 amide bonds. The van der Waals surface area contributed by atoms with Crippen molar-refractivity contribution in [1.82, 2.24) is 10.0 Å².